The first kappa shape index (κ1) is 12.1. The standard InChI is InChI=1S/C14H13ClN4O/c15-14-17-12-8-20-7-10(12)13(18-14)19-5-3-11-9(6-19)2-1-4-16-11/h1-2,4H,3,5-8H2. The molecule has 0 aromatic carbocycles. The quantitative estimate of drug-likeness (QED) is 0.752. The van der Waals surface area contributed by atoms with Crippen LogP contribution in [0.4, 0.5) is 5.82 Å². The topological polar surface area (TPSA) is 51.1 Å². The zero-order chi connectivity index (χ0) is 13.5. The fourth-order valence-electron chi connectivity index (χ4n) is 2.81. The van der Waals surface area contributed by atoms with Crippen LogP contribution in [0.1, 0.15) is 22.5 Å². The van der Waals surface area contributed by atoms with Crippen LogP contribution in [-0.4, -0.2) is 21.5 Å². The highest BCUT2D eigenvalue weighted by Gasteiger charge is 2.26. The summed E-state index contributed by atoms with van der Waals surface area (Å²) in [5, 5.41) is 0.293. The summed E-state index contributed by atoms with van der Waals surface area (Å²) in [6.07, 6.45) is 2.77. The van der Waals surface area contributed by atoms with Crippen molar-refractivity contribution in [3.05, 3.63) is 46.1 Å². The van der Waals surface area contributed by atoms with Gasteiger partial charge in [0.15, 0.2) is 0 Å². The zero-order valence-corrected chi connectivity index (χ0v) is 11.6. The van der Waals surface area contributed by atoms with E-state index in [0.29, 0.717) is 18.5 Å². The molecule has 2 aliphatic rings. The number of fused-ring (bicyclic) bond motifs is 2. The molecule has 4 heterocycles. The van der Waals surface area contributed by atoms with Crippen molar-refractivity contribution in [2.75, 3.05) is 11.4 Å². The predicted octanol–water partition coefficient (Wildman–Crippen LogP) is 2.12. The molecule has 20 heavy (non-hydrogen) atoms. The fraction of sp³-hybridized carbons (Fsp3) is 0.357. The molecule has 4 rings (SSSR count). The van der Waals surface area contributed by atoms with Crippen LogP contribution in [0.2, 0.25) is 5.28 Å². The molecule has 0 atom stereocenters. The Morgan fingerprint density at radius 1 is 1.20 bits per heavy atom. The van der Waals surface area contributed by atoms with Crippen LogP contribution in [0, 0.1) is 0 Å². The lowest BCUT2D eigenvalue weighted by Gasteiger charge is -2.30. The average Bonchev–Trinajstić information content (AvgIpc) is 2.94. The molecule has 0 amide bonds. The SMILES string of the molecule is Clc1nc2c(c(N3CCc4ncccc4C3)n1)COC2. The smallest absolute Gasteiger partial charge is 0.224 e. The number of ether oxygens (including phenoxy) is 1. The van der Waals surface area contributed by atoms with Crippen molar-refractivity contribution < 1.29 is 4.74 Å². The van der Waals surface area contributed by atoms with Crippen LogP contribution >= 0.6 is 11.6 Å². The van der Waals surface area contributed by atoms with Gasteiger partial charge in [0.2, 0.25) is 5.28 Å². The van der Waals surface area contributed by atoms with E-state index in [9.17, 15) is 0 Å². The number of anilines is 1. The maximum Gasteiger partial charge on any atom is 0.224 e. The number of rotatable bonds is 1. The van der Waals surface area contributed by atoms with Gasteiger partial charge in [-0.3, -0.25) is 4.98 Å². The highest BCUT2D eigenvalue weighted by atomic mass is 35.5. The van der Waals surface area contributed by atoms with Crippen molar-refractivity contribution in [3.63, 3.8) is 0 Å². The summed E-state index contributed by atoms with van der Waals surface area (Å²) in [5.41, 5.74) is 4.41. The summed E-state index contributed by atoms with van der Waals surface area (Å²) in [5.74, 6) is 0.909. The highest BCUT2D eigenvalue weighted by Crippen LogP contribution is 2.31. The van der Waals surface area contributed by atoms with Gasteiger partial charge < -0.3 is 9.64 Å². The molecule has 0 bridgehead atoms. The third-order valence-corrected chi connectivity index (χ3v) is 3.96. The van der Waals surface area contributed by atoms with Gasteiger partial charge in [0, 0.05) is 37.0 Å². The molecule has 6 heteroatoms. The van der Waals surface area contributed by atoms with E-state index < -0.39 is 0 Å². The largest absolute Gasteiger partial charge is 0.370 e. The molecule has 2 aromatic heterocycles. The third-order valence-electron chi connectivity index (χ3n) is 3.79. The fourth-order valence-corrected chi connectivity index (χ4v) is 3.00. The molecular weight excluding hydrogens is 276 g/mol. The average molecular weight is 289 g/mol. The van der Waals surface area contributed by atoms with Gasteiger partial charge in [0.25, 0.3) is 0 Å². The van der Waals surface area contributed by atoms with E-state index in [1.807, 2.05) is 12.3 Å². The van der Waals surface area contributed by atoms with E-state index in [2.05, 4.69) is 25.9 Å². The van der Waals surface area contributed by atoms with E-state index in [1.54, 1.807) is 0 Å². The maximum atomic E-state index is 6.03. The molecule has 0 N–H and O–H groups in total. The lowest BCUT2D eigenvalue weighted by molar-refractivity contribution is 0.133. The minimum atomic E-state index is 0.293. The van der Waals surface area contributed by atoms with Crippen molar-refractivity contribution in [2.24, 2.45) is 0 Å². The lowest BCUT2D eigenvalue weighted by Crippen LogP contribution is -2.32. The minimum Gasteiger partial charge on any atom is -0.370 e. The second kappa shape index (κ2) is 4.68. The Balaban J connectivity index is 1.73. The van der Waals surface area contributed by atoms with Crippen LogP contribution in [0.5, 0.6) is 0 Å². The monoisotopic (exact) mass is 288 g/mol. The third kappa shape index (κ3) is 1.94. The van der Waals surface area contributed by atoms with Gasteiger partial charge in [-0.2, -0.15) is 0 Å². The Labute approximate surface area is 121 Å². The van der Waals surface area contributed by atoms with Gasteiger partial charge >= 0.3 is 0 Å². The van der Waals surface area contributed by atoms with Crippen LogP contribution in [0.25, 0.3) is 0 Å². The van der Waals surface area contributed by atoms with Crippen LogP contribution in [-0.2, 0) is 30.9 Å². The Morgan fingerprint density at radius 3 is 3.10 bits per heavy atom. The summed E-state index contributed by atoms with van der Waals surface area (Å²) >= 11 is 6.03. The normalized spacial score (nSPS) is 16.9. The maximum absolute atomic E-state index is 6.03. The van der Waals surface area contributed by atoms with Crippen LogP contribution in [0.15, 0.2) is 18.3 Å². The first-order chi connectivity index (χ1) is 9.81. The number of aromatic nitrogens is 3. The van der Waals surface area contributed by atoms with Gasteiger partial charge in [0.1, 0.15) is 5.82 Å². The first-order valence-electron chi connectivity index (χ1n) is 6.62. The van der Waals surface area contributed by atoms with Crippen molar-refractivity contribution >= 4 is 17.4 Å². The molecule has 5 nitrogen and oxygen atoms in total. The molecule has 0 aliphatic carbocycles. The number of nitrogens with zero attached hydrogens (tertiary/aromatic N) is 4. The summed E-state index contributed by atoms with van der Waals surface area (Å²) in [6, 6.07) is 4.09. The Bertz CT molecular complexity index is 676. The molecule has 0 spiro atoms. The molecule has 2 aliphatic heterocycles. The Kier molecular flexibility index (Phi) is 2.82. The molecule has 0 unspecified atom stereocenters. The summed E-state index contributed by atoms with van der Waals surface area (Å²) in [4.78, 5) is 15.3. The Morgan fingerprint density at radius 2 is 2.15 bits per heavy atom. The van der Waals surface area contributed by atoms with Gasteiger partial charge in [-0.25, -0.2) is 9.97 Å². The van der Waals surface area contributed by atoms with Gasteiger partial charge in [-0.15, -0.1) is 0 Å². The number of halogens is 1. The van der Waals surface area contributed by atoms with Crippen LogP contribution in [0.3, 0.4) is 0 Å². The number of pyridine rings is 1. The van der Waals surface area contributed by atoms with E-state index in [1.165, 1.54) is 11.3 Å². The first-order valence-corrected chi connectivity index (χ1v) is 7.00. The highest BCUT2D eigenvalue weighted by molar-refractivity contribution is 6.28. The number of hydrogen-bond donors (Lipinski definition) is 0. The van der Waals surface area contributed by atoms with Gasteiger partial charge in [0.05, 0.1) is 18.9 Å². The van der Waals surface area contributed by atoms with E-state index in [0.717, 1.165) is 36.6 Å². The second-order valence-electron chi connectivity index (χ2n) is 5.02. The summed E-state index contributed by atoms with van der Waals surface area (Å²) < 4.78 is 5.47. The molecule has 0 radical (unpaired) electrons. The van der Waals surface area contributed by atoms with Crippen molar-refractivity contribution in [1.29, 1.82) is 0 Å². The lowest BCUT2D eigenvalue weighted by atomic mass is 10.1. The molecule has 0 fully saturated rings. The minimum absolute atomic E-state index is 0.293. The summed E-state index contributed by atoms with van der Waals surface area (Å²) in [7, 11) is 0. The van der Waals surface area contributed by atoms with Gasteiger partial charge in [-0.1, -0.05) is 6.07 Å². The molecule has 0 saturated heterocycles. The zero-order valence-electron chi connectivity index (χ0n) is 10.8. The molecular formula is C14H13ClN4O. The van der Waals surface area contributed by atoms with E-state index in [4.69, 9.17) is 16.3 Å². The molecule has 102 valence electrons. The van der Waals surface area contributed by atoms with Crippen LogP contribution < -0.4 is 4.90 Å². The van der Waals surface area contributed by atoms with E-state index in [-0.39, 0.29) is 0 Å². The Hall–Kier alpha value is -1.72. The van der Waals surface area contributed by atoms with Crippen molar-refractivity contribution in [3.8, 4) is 0 Å². The molecule has 2 aromatic rings. The van der Waals surface area contributed by atoms with Crippen molar-refractivity contribution in [1.82, 2.24) is 15.0 Å². The second-order valence-corrected chi connectivity index (χ2v) is 5.35. The summed E-state index contributed by atoms with van der Waals surface area (Å²) in [6.45, 7) is 2.79. The molecule has 0 saturated carbocycles. The number of hydrogen-bond acceptors (Lipinski definition) is 5. The van der Waals surface area contributed by atoms with E-state index >= 15 is 0 Å². The van der Waals surface area contributed by atoms with Crippen molar-refractivity contribution in [2.45, 2.75) is 26.2 Å². The predicted molar refractivity (Wildman–Crippen MR) is 74.5 cm³/mol. The van der Waals surface area contributed by atoms with Gasteiger partial charge in [-0.05, 0) is 23.2 Å².